The molecule has 0 amide bonds. The number of H-pyrrole nitrogens is 1. The average Bonchev–Trinajstić information content (AvgIpc) is 2.65. The number of fused-ring (bicyclic) bond motifs is 1. The van der Waals surface area contributed by atoms with Crippen molar-refractivity contribution >= 4 is 11.0 Å². The smallest absolute Gasteiger partial charge is 0.279 e. The van der Waals surface area contributed by atoms with Gasteiger partial charge < -0.3 is 9.88 Å². The molecule has 0 aliphatic rings. The first-order valence-electron chi connectivity index (χ1n) is 5.71. The largest absolute Gasteiger partial charge is 0.311 e. The molecule has 17 heavy (non-hydrogen) atoms. The summed E-state index contributed by atoms with van der Waals surface area (Å²) in [7, 11) is 4.03. The molecule has 0 saturated heterocycles. The van der Waals surface area contributed by atoms with Crippen LogP contribution in [0, 0.1) is 0 Å². The Bertz CT molecular complexity index is 569. The third kappa shape index (κ3) is 2.21. The molecule has 0 unspecified atom stereocenters. The van der Waals surface area contributed by atoms with Gasteiger partial charge in [0, 0.05) is 6.54 Å². The SMILES string of the molecule is CCc1c2nc[nH]c(=O)c2nn1CCN(C)C. The van der Waals surface area contributed by atoms with Crippen LogP contribution in [0.4, 0.5) is 0 Å². The molecule has 92 valence electrons. The first-order chi connectivity index (χ1) is 8.13. The molecule has 2 aromatic heterocycles. The first kappa shape index (κ1) is 11.8. The van der Waals surface area contributed by atoms with E-state index in [-0.39, 0.29) is 5.56 Å². The predicted molar refractivity (Wildman–Crippen MR) is 66.1 cm³/mol. The second-order valence-corrected chi connectivity index (χ2v) is 4.26. The number of hydrogen-bond donors (Lipinski definition) is 1. The summed E-state index contributed by atoms with van der Waals surface area (Å²) < 4.78 is 1.88. The van der Waals surface area contributed by atoms with Gasteiger partial charge in [0.1, 0.15) is 5.52 Å². The Morgan fingerprint density at radius 3 is 2.82 bits per heavy atom. The number of likely N-dealkylation sites (N-methyl/N-ethyl adjacent to an activating group) is 1. The van der Waals surface area contributed by atoms with E-state index in [1.165, 1.54) is 6.33 Å². The molecule has 6 nitrogen and oxygen atoms in total. The lowest BCUT2D eigenvalue weighted by atomic mass is 10.3. The number of rotatable bonds is 4. The van der Waals surface area contributed by atoms with Crippen molar-refractivity contribution < 1.29 is 0 Å². The molecular weight excluding hydrogens is 218 g/mol. The van der Waals surface area contributed by atoms with E-state index < -0.39 is 0 Å². The maximum absolute atomic E-state index is 11.6. The summed E-state index contributed by atoms with van der Waals surface area (Å²) in [5.41, 5.74) is 2.00. The minimum absolute atomic E-state index is 0.173. The summed E-state index contributed by atoms with van der Waals surface area (Å²) in [6.07, 6.45) is 2.25. The van der Waals surface area contributed by atoms with Crippen molar-refractivity contribution in [3.63, 3.8) is 0 Å². The van der Waals surface area contributed by atoms with Crippen molar-refractivity contribution in [3.05, 3.63) is 22.4 Å². The highest BCUT2D eigenvalue weighted by Gasteiger charge is 2.13. The zero-order valence-corrected chi connectivity index (χ0v) is 10.4. The van der Waals surface area contributed by atoms with Gasteiger partial charge >= 0.3 is 0 Å². The minimum atomic E-state index is -0.173. The van der Waals surface area contributed by atoms with Crippen LogP contribution in [-0.2, 0) is 13.0 Å². The predicted octanol–water partition coefficient (Wildman–Crippen LogP) is 0.244. The first-order valence-corrected chi connectivity index (χ1v) is 5.71. The number of aromatic nitrogens is 4. The Morgan fingerprint density at radius 2 is 2.18 bits per heavy atom. The topological polar surface area (TPSA) is 66.8 Å². The monoisotopic (exact) mass is 235 g/mol. The number of hydrogen-bond acceptors (Lipinski definition) is 4. The molecule has 0 saturated carbocycles. The number of nitrogens with one attached hydrogen (secondary N) is 1. The highest BCUT2D eigenvalue weighted by atomic mass is 16.1. The quantitative estimate of drug-likeness (QED) is 0.824. The molecule has 0 fully saturated rings. The van der Waals surface area contributed by atoms with E-state index in [9.17, 15) is 4.79 Å². The summed E-state index contributed by atoms with van der Waals surface area (Å²) in [4.78, 5) is 20.5. The van der Waals surface area contributed by atoms with Gasteiger partial charge in [-0.15, -0.1) is 0 Å². The van der Waals surface area contributed by atoms with Crippen LogP contribution in [0.25, 0.3) is 11.0 Å². The van der Waals surface area contributed by atoms with E-state index in [0.717, 1.165) is 30.7 Å². The van der Waals surface area contributed by atoms with Crippen molar-refractivity contribution in [1.29, 1.82) is 0 Å². The highest BCUT2D eigenvalue weighted by molar-refractivity contribution is 5.75. The van der Waals surface area contributed by atoms with Gasteiger partial charge in [-0.1, -0.05) is 6.92 Å². The van der Waals surface area contributed by atoms with Crippen LogP contribution in [0.15, 0.2) is 11.1 Å². The van der Waals surface area contributed by atoms with Gasteiger partial charge in [0.25, 0.3) is 5.56 Å². The fourth-order valence-corrected chi connectivity index (χ4v) is 1.83. The summed E-state index contributed by atoms with van der Waals surface area (Å²) in [5.74, 6) is 0. The van der Waals surface area contributed by atoms with E-state index in [1.807, 2.05) is 25.7 Å². The Morgan fingerprint density at radius 1 is 1.41 bits per heavy atom. The molecule has 6 heteroatoms. The molecule has 0 aliphatic carbocycles. The molecule has 0 spiro atoms. The van der Waals surface area contributed by atoms with Crippen LogP contribution in [-0.4, -0.2) is 45.3 Å². The van der Waals surface area contributed by atoms with Crippen molar-refractivity contribution in [3.8, 4) is 0 Å². The van der Waals surface area contributed by atoms with Crippen molar-refractivity contribution in [2.75, 3.05) is 20.6 Å². The molecule has 2 heterocycles. The second-order valence-electron chi connectivity index (χ2n) is 4.26. The lowest BCUT2D eigenvalue weighted by Crippen LogP contribution is -2.20. The van der Waals surface area contributed by atoms with Crippen LogP contribution < -0.4 is 5.56 Å². The second kappa shape index (κ2) is 4.67. The molecule has 0 aromatic carbocycles. The van der Waals surface area contributed by atoms with Gasteiger partial charge in [0.05, 0.1) is 18.6 Å². The maximum atomic E-state index is 11.6. The summed E-state index contributed by atoms with van der Waals surface area (Å²) in [6.45, 7) is 3.70. The van der Waals surface area contributed by atoms with Crippen LogP contribution in [0.1, 0.15) is 12.6 Å². The van der Waals surface area contributed by atoms with Gasteiger partial charge in [0.2, 0.25) is 0 Å². The third-order valence-corrected chi connectivity index (χ3v) is 2.73. The van der Waals surface area contributed by atoms with Crippen molar-refractivity contribution in [1.82, 2.24) is 24.6 Å². The lowest BCUT2D eigenvalue weighted by Gasteiger charge is -2.10. The van der Waals surface area contributed by atoms with Crippen LogP contribution >= 0.6 is 0 Å². The molecule has 0 atom stereocenters. The summed E-state index contributed by atoms with van der Waals surface area (Å²) in [5, 5.41) is 4.34. The number of nitrogens with zero attached hydrogens (tertiary/aromatic N) is 4. The zero-order chi connectivity index (χ0) is 12.4. The third-order valence-electron chi connectivity index (χ3n) is 2.73. The van der Waals surface area contributed by atoms with Gasteiger partial charge in [-0.2, -0.15) is 5.10 Å². The van der Waals surface area contributed by atoms with E-state index in [1.54, 1.807) is 0 Å². The summed E-state index contributed by atoms with van der Waals surface area (Å²) >= 11 is 0. The van der Waals surface area contributed by atoms with Crippen molar-refractivity contribution in [2.45, 2.75) is 19.9 Å². The van der Waals surface area contributed by atoms with E-state index in [2.05, 4.69) is 20.0 Å². The summed E-state index contributed by atoms with van der Waals surface area (Å²) in [6, 6.07) is 0. The Kier molecular flexibility index (Phi) is 3.23. The van der Waals surface area contributed by atoms with Crippen LogP contribution in [0.3, 0.4) is 0 Å². The maximum Gasteiger partial charge on any atom is 0.279 e. The Hall–Kier alpha value is -1.69. The van der Waals surface area contributed by atoms with Crippen molar-refractivity contribution in [2.24, 2.45) is 0 Å². The number of aryl methyl sites for hydroxylation is 1. The standard InChI is InChI=1S/C11H17N5O/c1-4-8-9-10(11(17)13-7-12-9)14-16(8)6-5-15(2)3/h7H,4-6H2,1-3H3,(H,12,13,17). The molecule has 2 rings (SSSR count). The van der Waals surface area contributed by atoms with Gasteiger partial charge in [0.15, 0.2) is 5.52 Å². The molecule has 0 aliphatic heterocycles. The van der Waals surface area contributed by atoms with E-state index >= 15 is 0 Å². The Balaban J connectivity index is 2.48. The Labute approximate surface area is 99.3 Å². The minimum Gasteiger partial charge on any atom is -0.311 e. The molecule has 2 aromatic rings. The van der Waals surface area contributed by atoms with Crippen LogP contribution in [0.2, 0.25) is 0 Å². The fraction of sp³-hybridized carbons (Fsp3) is 0.545. The van der Waals surface area contributed by atoms with E-state index in [0.29, 0.717) is 5.52 Å². The average molecular weight is 235 g/mol. The molecule has 1 N–H and O–H groups in total. The number of aromatic amines is 1. The zero-order valence-electron chi connectivity index (χ0n) is 10.4. The molecule has 0 radical (unpaired) electrons. The van der Waals surface area contributed by atoms with Crippen LogP contribution in [0.5, 0.6) is 0 Å². The fourth-order valence-electron chi connectivity index (χ4n) is 1.83. The highest BCUT2D eigenvalue weighted by Crippen LogP contribution is 2.12. The molecular formula is C11H17N5O. The molecule has 0 bridgehead atoms. The normalized spacial score (nSPS) is 11.5. The van der Waals surface area contributed by atoms with Gasteiger partial charge in [-0.05, 0) is 20.5 Å². The lowest BCUT2D eigenvalue weighted by molar-refractivity contribution is 0.370. The van der Waals surface area contributed by atoms with Gasteiger partial charge in [-0.25, -0.2) is 4.98 Å². The van der Waals surface area contributed by atoms with Gasteiger partial charge in [-0.3, -0.25) is 9.48 Å². The van der Waals surface area contributed by atoms with E-state index in [4.69, 9.17) is 0 Å².